The van der Waals surface area contributed by atoms with Crippen LogP contribution in [0, 0.1) is 0 Å². The van der Waals surface area contributed by atoms with Crippen LogP contribution in [0.4, 0.5) is 5.69 Å². The number of carbonyl (C=O) groups excluding carboxylic acids is 1. The van der Waals surface area contributed by atoms with E-state index >= 15 is 0 Å². The number of esters is 1. The van der Waals surface area contributed by atoms with Gasteiger partial charge >= 0.3 is 5.97 Å². The van der Waals surface area contributed by atoms with Crippen molar-refractivity contribution in [2.24, 2.45) is 0 Å². The zero-order valence-corrected chi connectivity index (χ0v) is 10.5. The van der Waals surface area contributed by atoms with Crippen LogP contribution < -0.4 is 10.2 Å². The predicted molar refractivity (Wildman–Crippen MR) is 61.8 cm³/mol. The second-order valence-electron chi connectivity index (χ2n) is 3.00. The largest absolute Gasteiger partial charge is 0.496 e. The van der Waals surface area contributed by atoms with Gasteiger partial charge < -0.3 is 9.47 Å². The van der Waals surface area contributed by atoms with Crippen LogP contribution in [0.3, 0.4) is 0 Å². The molecule has 2 N–H and O–H groups in total. The Bertz CT molecular complexity index is 395. The highest BCUT2D eigenvalue weighted by Crippen LogP contribution is 2.31. The van der Waals surface area contributed by atoms with Crippen molar-refractivity contribution in [1.82, 2.24) is 0 Å². The molecule has 0 bridgehead atoms. The number of rotatable bonds is 4. The second kappa shape index (κ2) is 5.72. The summed E-state index contributed by atoms with van der Waals surface area (Å²) in [7, 11) is 2.82. The van der Waals surface area contributed by atoms with Crippen molar-refractivity contribution in [2.75, 3.05) is 19.7 Å². The van der Waals surface area contributed by atoms with Crippen LogP contribution in [0.2, 0.25) is 0 Å². The van der Waals surface area contributed by atoms with Gasteiger partial charge in [-0.3, -0.25) is 15.5 Å². The molecule has 0 aliphatic heterocycles. The van der Waals surface area contributed by atoms with Gasteiger partial charge in [-0.1, -0.05) is 15.9 Å². The lowest BCUT2D eigenvalue weighted by atomic mass is 10.1. The van der Waals surface area contributed by atoms with E-state index in [0.29, 0.717) is 21.5 Å². The molecular formula is C10H12BrNO4. The minimum atomic E-state index is -0.358. The molecule has 0 radical (unpaired) electrons. The lowest BCUT2D eigenvalue weighted by molar-refractivity contribution is -0.139. The van der Waals surface area contributed by atoms with Gasteiger partial charge in [-0.2, -0.15) is 0 Å². The first-order valence-electron chi connectivity index (χ1n) is 4.45. The molecule has 0 amide bonds. The van der Waals surface area contributed by atoms with E-state index in [1.54, 1.807) is 12.1 Å². The van der Waals surface area contributed by atoms with Gasteiger partial charge in [0.1, 0.15) is 5.75 Å². The molecule has 1 rings (SSSR count). The fraction of sp³-hybridized carbons (Fsp3) is 0.300. The second-order valence-corrected chi connectivity index (χ2v) is 3.86. The Morgan fingerprint density at radius 2 is 2.19 bits per heavy atom. The van der Waals surface area contributed by atoms with Crippen molar-refractivity contribution in [2.45, 2.75) is 6.42 Å². The standard InChI is InChI=1S/C10H12BrNO4/c1-15-9-4-6(12-14)3-8(11)7(9)5-10(13)16-2/h3-4,12,14H,5H2,1-2H3. The fourth-order valence-electron chi connectivity index (χ4n) is 1.25. The lowest BCUT2D eigenvalue weighted by Gasteiger charge is -2.11. The van der Waals surface area contributed by atoms with Gasteiger partial charge in [0.05, 0.1) is 26.3 Å². The van der Waals surface area contributed by atoms with E-state index in [1.807, 2.05) is 5.48 Å². The summed E-state index contributed by atoms with van der Waals surface area (Å²) in [6.45, 7) is 0. The van der Waals surface area contributed by atoms with Crippen molar-refractivity contribution >= 4 is 27.6 Å². The van der Waals surface area contributed by atoms with Crippen LogP contribution in [-0.2, 0) is 16.0 Å². The Kier molecular flexibility index (Phi) is 4.57. The Balaban J connectivity index is 3.11. The molecule has 0 atom stereocenters. The predicted octanol–water partition coefficient (Wildman–Crippen LogP) is 1.97. The Morgan fingerprint density at radius 3 is 2.69 bits per heavy atom. The van der Waals surface area contributed by atoms with Gasteiger partial charge in [-0.25, -0.2) is 0 Å². The number of halogens is 1. The molecule has 0 saturated heterocycles. The first-order valence-corrected chi connectivity index (χ1v) is 5.25. The summed E-state index contributed by atoms with van der Waals surface area (Å²) in [5.41, 5.74) is 3.16. The lowest BCUT2D eigenvalue weighted by Crippen LogP contribution is -2.07. The number of nitrogens with one attached hydrogen (secondary N) is 1. The van der Waals surface area contributed by atoms with Crippen LogP contribution in [-0.4, -0.2) is 25.4 Å². The SMILES string of the molecule is COC(=O)Cc1c(Br)cc(NO)cc1OC. The van der Waals surface area contributed by atoms with Crippen LogP contribution >= 0.6 is 15.9 Å². The first kappa shape index (κ1) is 12.8. The van der Waals surface area contributed by atoms with E-state index in [2.05, 4.69) is 20.7 Å². The van der Waals surface area contributed by atoms with Crippen molar-refractivity contribution in [3.8, 4) is 5.75 Å². The van der Waals surface area contributed by atoms with Crippen molar-refractivity contribution in [3.63, 3.8) is 0 Å². The number of benzene rings is 1. The molecular weight excluding hydrogens is 278 g/mol. The van der Waals surface area contributed by atoms with Crippen LogP contribution in [0.5, 0.6) is 5.75 Å². The smallest absolute Gasteiger partial charge is 0.310 e. The summed E-state index contributed by atoms with van der Waals surface area (Å²) < 4.78 is 10.4. The molecule has 1 aromatic carbocycles. The molecule has 0 spiro atoms. The highest BCUT2D eigenvalue weighted by Gasteiger charge is 2.14. The molecule has 0 aliphatic carbocycles. The monoisotopic (exact) mass is 289 g/mol. The molecule has 1 aromatic rings. The average Bonchev–Trinajstić information content (AvgIpc) is 2.30. The van der Waals surface area contributed by atoms with Crippen LogP contribution in [0.1, 0.15) is 5.56 Å². The van der Waals surface area contributed by atoms with Gasteiger partial charge in [0.25, 0.3) is 0 Å². The van der Waals surface area contributed by atoms with E-state index < -0.39 is 0 Å². The molecule has 5 nitrogen and oxygen atoms in total. The van der Waals surface area contributed by atoms with Crippen LogP contribution in [0.15, 0.2) is 16.6 Å². The maximum Gasteiger partial charge on any atom is 0.310 e. The number of anilines is 1. The van der Waals surface area contributed by atoms with Crippen molar-refractivity contribution < 1.29 is 19.5 Å². The number of hydrogen-bond donors (Lipinski definition) is 2. The molecule has 6 heteroatoms. The zero-order valence-electron chi connectivity index (χ0n) is 8.91. The summed E-state index contributed by atoms with van der Waals surface area (Å²) in [6, 6.07) is 3.23. The van der Waals surface area contributed by atoms with Gasteiger partial charge in [0, 0.05) is 16.1 Å². The summed E-state index contributed by atoms with van der Waals surface area (Å²) in [5, 5.41) is 8.78. The normalized spacial score (nSPS) is 9.75. The van der Waals surface area contributed by atoms with Crippen LogP contribution in [0.25, 0.3) is 0 Å². The highest BCUT2D eigenvalue weighted by atomic mass is 79.9. The van der Waals surface area contributed by atoms with Gasteiger partial charge in [0.2, 0.25) is 0 Å². The van der Waals surface area contributed by atoms with E-state index in [4.69, 9.17) is 9.94 Å². The molecule has 0 aromatic heterocycles. The van der Waals surface area contributed by atoms with Gasteiger partial charge in [-0.15, -0.1) is 0 Å². The molecule has 0 saturated carbocycles. The summed E-state index contributed by atoms with van der Waals surface area (Å²) in [6.07, 6.45) is 0.103. The first-order chi connectivity index (χ1) is 7.62. The number of hydrogen-bond acceptors (Lipinski definition) is 5. The molecule has 0 unspecified atom stereocenters. The summed E-state index contributed by atoms with van der Waals surface area (Å²) >= 11 is 3.30. The minimum absolute atomic E-state index is 0.103. The molecule has 0 fully saturated rings. The minimum Gasteiger partial charge on any atom is -0.496 e. The third-order valence-electron chi connectivity index (χ3n) is 2.05. The average molecular weight is 290 g/mol. The maximum absolute atomic E-state index is 11.2. The Hall–Kier alpha value is -1.27. The molecule has 0 heterocycles. The molecule has 0 aliphatic rings. The van der Waals surface area contributed by atoms with E-state index in [1.165, 1.54) is 14.2 Å². The third-order valence-corrected chi connectivity index (χ3v) is 2.76. The summed E-state index contributed by atoms with van der Waals surface area (Å²) in [4.78, 5) is 11.2. The van der Waals surface area contributed by atoms with E-state index in [9.17, 15) is 4.79 Å². The highest BCUT2D eigenvalue weighted by molar-refractivity contribution is 9.10. The van der Waals surface area contributed by atoms with Crippen molar-refractivity contribution in [3.05, 3.63) is 22.2 Å². The Morgan fingerprint density at radius 1 is 1.50 bits per heavy atom. The zero-order chi connectivity index (χ0) is 12.1. The molecule has 88 valence electrons. The third kappa shape index (κ3) is 2.86. The maximum atomic E-state index is 11.2. The van der Waals surface area contributed by atoms with Gasteiger partial charge in [0.15, 0.2) is 0 Å². The molecule has 16 heavy (non-hydrogen) atoms. The number of ether oxygens (including phenoxy) is 2. The summed E-state index contributed by atoms with van der Waals surface area (Å²) in [5.74, 6) is 0.139. The Labute approximate surface area is 101 Å². The topological polar surface area (TPSA) is 67.8 Å². The fourth-order valence-corrected chi connectivity index (χ4v) is 1.83. The quantitative estimate of drug-likeness (QED) is 0.655. The number of carbonyl (C=O) groups is 1. The number of methoxy groups -OCH3 is 2. The van der Waals surface area contributed by atoms with Gasteiger partial charge in [-0.05, 0) is 6.07 Å². The van der Waals surface area contributed by atoms with Crippen molar-refractivity contribution in [1.29, 1.82) is 0 Å². The van der Waals surface area contributed by atoms with E-state index in [0.717, 1.165) is 0 Å². The van der Waals surface area contributed by atoms with E-state index in [-0.39, 0.29) is 12.4 Å².